The fourth-order valence-electron chi connectivity index (χ4n) is 4.40. The lowest BCUT2D eigenvalue weighted by Crippen LogP contribution is -2.22. The van der Waals surface area contributed by atoms with E-state index in [1.54, 1.807) is 43.6 Å². The first-order valence-electron chi connectivity index (χ1n) is 10.6. The number of rotatable bonds is 2. The van der Waals surface area contributed by atoms with Crippen LogP contribution in [-0.4, -0.2) is 20.7 Å². The number of nitrogens with zero attached hydrogens (tertiary/aromatic N) is 4. The predicted molar refractivity (Wildman–Crippen MR) is 115 cm³/mol. The molecule has 1 aliphatic carbocycles. The van der Waals surface area contributed by atoms with E-state index in [9.17, 15) is 18.0 Å². The Kier molecular flexibility index (Phi) is 5.79. The summed E-state index contributed by atoms with van der Waals surface area (Å²) in [7, 11) is 2.01. The Morgan fingerprint density at radius 1 is 1.09 bits per heavy atom. The van der Waals surface area contributed by atoms with Crippen molar-refractivity contribution < 1.29 is 18.0 Å². The number of anilines is 1. The van der Waals surface area contributed by atoms with Gasteiger partial charge < -0.3 is 9.47 Å². The molecule has 0 atom stereocenters. The van der Waals surface area contributed by atoms with E-state index in [1.165, 1.54) is 23.8 Å². The zero-order chi connectivity index (χ0) is 23.0. The summed E-state index contributed by atoms with van der Waals surface area (Å²) < 4.78 is 41.5. The van der Waals surface area contributed by atoms with E-state index in [4.69, 9.17) is 0 Å². The van der Waals surface area contributed by atoms with Gasteiger partial charge in [-0.3, -0.25) is 4.79 Å². The summed E-state index contributed by atoms with van der Waals surface area (Å²) in [6.07, 6.45) is -0.111. The Labute approximate surface area is 184 Å². The molecule has 32 heavy (non-hydrogen) atoms. The average Bonchev–Trinajstić information content (AvgIpc) is 3.29. The van der Waals surface area contributed by atoms with Crippen LogP contribution in [-0.2, 0) is 19.8 Å². The van der Waals surface area contributed by atoms with Gasteiger partial charge in [-0.1, -0.05) is 25.1 Å². The summed E-state index contributed by atoms with van der Waals surface area (Å²) in [5, 5.41) is 7.95. The molecule has 0 radical (unpaired) electrons. The molecule has 0 spiro atoms. The molecule has 5 nitrogen and oxygen atoms in total. The van der Waals surface area contributed by atoms with Crippen LogP contribution >= 0.6 is 0 Å². The Hall–Kier alpha value is -3.16. The molecule has 0 saturated heterocycles. The van der Waals surface area contributed by atoms with Gasteiger partial charge in [-0.25, -0.2) is 0 Å². The molecule has 0 unspecified atom stereocenters. The first kappa shape index (κ1) is 22.0. The lowest BCUT2D eigenvalue weighted by Gasteiger charge is -2.31. The van der Waals surface area contributed by atoms with Gasteiger partial charge in [0.25, 0.3) is 5.91 Å². The second-order valence-corrected chi connectivity index (χ2v) is 8.64. The third-order valence-electron chi connectivity index (χ3n) is 6.04. The van der Waals surface area contributed by atoms with Gasteiger partial charge in [0.2, 0.25) is 0 Å². The number of hydrogen-bond donors (Lipinski definition) is 0. The lowest BCUT2D eigenvalue weighted by molar-refractivity contribution is -0.138. The highest BCUT2D eigenvalue weighted by atomic mass is 19.4. The third-order valence-corrected chi connectivity index (χ3v) is 6.04. The fourth-order valence-corrected chi connectivity index (χ4v) is 4.40. The third kappa shape index (κ3) is 4.26. The molecule has 1 aromatic heterocycles. The number of aryl methyl sites for hydroxylation is 2. The minimum atomic E-state index is -4.46. The summed E-state index contributed by atoms with van der Waals surface area (Å²) in [6, 6.07) is 11.3. The van der Waals surface area contributed by atoms with E-state index in [1.807, 2.05) is 11.6 Å². The van der Waals surface area contributed by atoms with Crippen LogP contribution in [0.25, 0.3) is 0 Å². The average molecular weight is 442 g/mol. The van der Waals surface area contributed by atoms with E-state index < -0.39 is 11.7 Å². The van der Waals surface area contributed by atoms with Gasteiger partial charge in [0, 0.05) is 24.2 Å². The molecule has 0 N–H and O–H groups in total. The molecule has 1 aliphatic heterocycles. The van der Waals surface area contributed by atoms with Gasteiger partial charge in [0.1, 0.15) is 12.2 Å². The Morgan fingerprint density at radius 2 is 1.78 bits per heavy atom. The van der Waals surface area contributed by atoms with Crippen LogP contribution in [0, 0.1) is 12.8 Å². The highest BCUT2D eigenvalue weighted by Crippen LogP contribution is 2.40. The lowest BCUT2D eigenvalue weighted by atomic mass is 9.76. The van der Waals surface area contributed by atoms with Crippen LogP contribution in [0.2, 0.25) is 0 Å². The maximum atomic E-state index is 13.1. The van der Waals surface area contributed by atoms with Crippen molar-refractivity contribution in [2.45, 2.75) is 45.3 Å². The first-order chi connectivity index (χ1) is 15.1. The van der Waals surface area contributed by atoms with E-state index in [0.717, 1.165) is 17.8 Å². The van der Waals surface area contributed by atoms with Crippen LogP contribution in [0.4, 0.5) is 18.9 Å². The number of aromatic nitrogens is 3. The highest BCUT2D eigenvalue weighted by molar-refractivity contribution is 6.10. The summed E-state index contributed by atoms with van der Waals surface area (Å²) in [5.41, 5.74) is 0.520. The van der Waals surface area contributed by atoms with Crippen LogP contribution < -0.4 is 4.90 Å². The largest absolute Gasteiger partial charge is 0.416 e. The second kappa shape index (κ2) is 8.41. The SMILES string of the molecule is CC1CC(c2nncn2C)C1.Cc1cc2c(c(C(F)(F)F)c1)CN(c1ccccc1)C2=O. The molecule has 1 saturated carbocycles. The van der Waals surface area contributed by atoms with E-state index >= 15 is 0 Å². The second-order valence-electron chi connectivity index (χ2n) is 8.64. The van der Waals surface area contributed by atoms with Crippen molar-refractivity contribution >= 4 is 11.6 Å². The fraction of sp³-hybridized carbons (Fsp3) is 0.375. The van der Waals surface area contributed by atoms with Crippen molar-refractivity contribution in [1.82, 2.24) is 14.8 Å². The predicted octanol–water partition coefficient (Wildman–Crippen LogP) is 5.50. The minimum Gasteiger partial charge on any atom is -0.320 e. The van der Waals surface area contributed by atoms with Crippen LogP contribution in [0.15, 0.2) is 48.8 Å². The van der Waals surface area contributed by atoms with Gasteiger partial charge in [0.15, 0.2) is 0 Å². The maximum Gasteiger partial charge on any atom is 0.416 e. The molecule has 3 aromatic rings. The molecule has 0 bridgehead atoms. The standard InChI is InChI=1S/C16H12F3NO.C8H13N3/c1-10-7-12-13(14(8-10)16(17,18)19)9-20(15(12)21)11-5-3-2-4-6-11;1-6-3-7(4-6)8-10-9-5-11(8)2/h2-8H,9H2,1H3;5-7H,3-4H2,1-2H3. The highest BCUT2D eigenvalue weighted by Gasteiger charge is 2.40. The number of para-hydroxylation sites is 1. The van der Waals surface area contributed by atoms with Crippen LogP contribution in [0.3, 0.4) is 0 Å². The zero-order valence-corrected chi connectivity index (χ0v) is 18.2. The monoisotopic (exact) mass is 442 g/mol. The normalized spacial score (nSPS) is 19.8. The summed E-state index contributed by atoms with van der Waals surface area (Å²) >= 11 is 0. The quantitative estimate of drug-likeness (QED) is 0.526. The molecule has 2 aromatic carbocycles. The van der Waals surface area contributed by atoms with Gasteiger partial charge in [-0.05, 0) is 61.1 Å². The van der Waals surface area contributed by atoms with E-state index in [2.05, 4.69) is 17.1 Å². The molecule has 168 valence electrons. The molecule has 1 fully saturated rings. The maximum absolute atomic E-state index is 13.1. The Balaban J connectivity index is 0.000000186. The molecule has 2 aliphatic rings. The molecule has 5 rings (SSSR count). The summed E-state index contributed by atoms with van der Waals surface area (Å²) in [6.45, 7) is 3.80. The van der Waals surface area contributed by atoms with Gasteiger partial charge >= 0.3 is 6.18 Å². The molecule has 2 heterocycles. The van der Waals surface area contributed by atoms with E-state index in [-0.39, 0.29) is 23.6 Å². The number of halogens is 3. The van der Waals surface area contributed by atoms with E-state index in [0.29, 0.717) is 17.2 Å². The van der Waals surface area contributed by atoms with Crippen molar-refractivity contribution in [3.63, 3.8) is 0 Å². The number of carbonyl (C=O) groups excluding carboxylic acids is 1. The summed E-state index contributed by atoms with van der Waals surface area (Å²) in [4.78, 5) is 13.8. The molecular formula is C24H25F3N4O. The minimum absolute atomic E-state index is 0.0483. The topological polar surface area (TPSA) is 51.0 Å². The van der Waals surface area contributed by atoms with Gasteiger partial charge in [0.05, 0.1) is 12.1 Å². The summed E-state index contributed by atoms with van der Waals surface area (Å²) in [5.74, 6) is 2.34. The Morgan fingerprint density at radius 3 is 2.34 bits per heavy atom. The number of hydrogen-bond acceptors (Lipinski definition) is 3. The number of alkyl halides is 3. The van der Waals surface area contributed by atoms with Crippen LogP contribution in [0.5, 0.6) is 0 Å². The van der Waals surface area contributed by atoms with Crippen molar-refractivity contribution in [3.8, 4) is 0 Å². The number of fused-ring (bicyclic) bond motifs is 1. The number of amides is 1. The molecule has 8 heteroatoms. The zero-order valence-electron chi connectivity index (χ0n) is 18.2. The van der Waals surface area contributed by atoms with Crippen molar-refractivity contribution in [3.05, 3.63) is 76.9 Å². The number of carbonyl (C=O) groups is 1. The first-order valence-corrected chi connectivity index (χ1v) is 10.6. The van der Waals surface area contributed by atoms with Gasteiger partial charge in [-0.2, -0.15) is 13.2 Å². The van der Waals surface area contributed by atoms with Crippen LogP contribution in [0.1, 0.15) is 58.6 Å². The van der Waals surface area contributed by atoms with Crippen molar-refractivity contribution in [2.75, 3.05) is 4.90 Å². The number of benzene rings is 2. The van der Waals surface area contributed by atoms with Crippen molar-refractivity contribution in [1.29, 1.82) is 0 Å². The Bertz CT molecular complexity index is 1120. The molecular weight excluding hydrogens is 417 g/mol. The van der Waals surface area contributed by atoms with Gasteiger partial charge in [-0.15, -0.1) is 10.2 Å². The smallest absolute Gasteiger partial charge is 0.320 e. The van der Waals surface area contributed by atoms with Crippen molar-refractivity contribution in [2.24, 2.45) is 13.0 Å². The molecule has 1 amide bonds.